The molecule has 0 spiro atoms. The second-order valence-corrected chi connectivity index (χ2v) is 9.81. The Hall–Kier alpha value is -3.87. The number of esters is 1. The van der Waals surface area contributed by atoms with E-state index in [0.29, 0.717) is 35.1 Å². The summed E-state index contributed by atoms with van der Waals surface area (Å²) < 4.78 is 10.7. The van der Waals surface area contributed by atoms with E-state index in [0.717, 1.165) is 44.6 Å². The number of benzene rings is 2. The molecule has 2 aliphatic rings. The summed E-state index contributed by atoms with van der Waals surface area (Å²) >= 11 is 0. The van der Waals surface area contributed by atoms with Gasteiger partial charge in [0.05, 0.1) is 31.2 Å². The molecule has 192 valence electrons. The monoisotopic (exact) mass is 499 g/mol. The third-order valence-electron chi connectivity index (χ3n) is 7.30. The highest BCUT2D eigenvalue weighted by Crippen LogP contribution is 2.25. The van der Waals surface area contributed by atoms with Gasteiger partial charge in [-0.05, 0) is 98.0 Å². The predicted molar refractivity (Wildman–Crippen MR) is 143 cm³/mol. The number of hydrogen-bond donors (Lipinski definition) is 1. The predicted octanol–water partition coefficient (Wildman–Crippen LogP) is 5.29. The van der Waals surface area contributed by atoms with Gasteiger partial charge < -0.3 is 19.7 Å². The lowest BCUT2D eigenvalue weighted by Crippen LogP contribution is -2.36. The summed E-state index contributed by atoms with van der Waals surface area (Å²) in [6, 6.07) is 17.0. The quantitative estimate of drug-likeness (QED) is 0.445. The minimum absolute atomic E-state index is 0.0964. The summed E-state index contributed by atoms with van der Waals surface area (Å²) in [6.07, 6.45) is 8.31. The lowest BCUT2D eigenvalue weighted by Gasteiger charge is -2.32. The highest BCUT2D eigenvalue weighted by Gasteiger charge is 2.21. The molecular weight excluding hydrogens is 466 g/mol. The number of aryl methyl sites for hydroxylation is 2. The number of anilines is 2. The van der Waals surface area contributed by atoms with Crippen LogP contribution < -0.4 is 15.0 Å². The van der Waals surface area contributed by atoms with Crippen molar-refractivity contribution in [3.63, 3.8) is 0 Å². The second-order valence-electron chi connectivity index (χ2n) is 9.81. The molecular formula is C30H33N3O4. The molecule has 1 saturated heterocycles. The van der Waals surface area contributed by atoms with Crippen LogP contribution in [0.25, 0.3) is 0 Å². The molecule has 1 amide bonds. The van der Waals surface area contributed by atoms with Gasteiger partial charge in [-0.2, -0.15) is 0 Å². The molecule has 1 aliphatic heterocycles. The van der Waals surface area contributed by atoms with Gasteiger partial charge in [0.15, 0.2) is 0 Å². The van der Waals surface area contributed by atoms with Crippen molar-refractivity contribution in [2.24, 2.45) is 5.92 Å². The van der Waals surface area contributed by atoms with E-state index in [4.69, 9.17) is 9.47 Å². The van der Waals surface area contributed by atoms with Crippen molar-refractivity contribution in [3.8, 4) is 5.75 Å². The SMILES string of the molecule is COC(=O)c1cccc(OCC2CCN(c3ccc(NC(=O)c4ccc5c(c4)CCCC5)cn3)CC2)c1. The highest BCUT2D eigenvalue weighted by atomic mass is 16.5. The Morgan fingerprint density at radius 1 is 0.973 bits per heavy atom. The maximum atomic E-state index is 12.8. The molecule has 2 heterocycles. The molecule has 7 nitrogen and oxygen atoms in total. The first-order valence-corrected chi connectivity index (χ1v) is 13.0. The summed E-state index contributed by atoms with van der Waals surface area (Å²) in [5.41, 5.74) is 4.56. The second kappa shape index (κ2) is 11.5. The summed E-state index contributed by atoms with van der Waals surface area (Å²) in [4.78, 5) is 31.4. The summed E-state index contributed by atoms with van der Waals surface area (Å²) in [7, 11) is 1.37. The van der Waals surface area contributed by atoms with E-state index in [1.807, 2.05) is 30.3 Å². The Labute approximate surface area is 217 Å². The summed E-state index contributed by atoms with van der Waals surface area (Å²) in [5, 5.41) is 2.98. The molecule has 0 bridgehead atoms. The number of fused-ring (bicyclic) bond motifs is 1. The number of rotatable bonds is 7. The third-order valence-corrected chi connectivity index (χ3v) is 7.30. The van der Waals surface area contributed by atoms with Crippen LogP contribution in [0.4, 0.5) is 11.5 Å². The Morgan fingerprint density at radius 3 is 2.54 bits per heavy atom. The van der Waals surface area contributed by atoms with Crippen molar-refractivity contribution in [1.82, 2.24) is 4.98 Å². The minimum Gasteiger partial charge on any atom is -0.493 e. The van der Waals surface area contributed by atoms with Crippen LogP contribution in [0.2, 0.25) is 0 Å². The number of hydrogen-bond acceptors (Lipinski definition) is 6. The largest absolute Gasteiger partial charge is 0.493 e. The number of aromatic nitrogens is 1. The van der Waals surface area contributed by atoms with E-state index in [1.165, 1.54) is 31.1 Å². The van der Waals surface area contributed by atoms with Gasteiger partial charge >= 0.3 is 5.97 Å². The maximum absolute atomic E-state index is 12.8. The number of nitrogens with one attached hydrogen (secondary N) is 1. The van der Waals surface area contributed by atoms with Gasteiger partial charge in [-0.15, -0.1) is 0 Å². The number of amides is 1. The first-order chi connectivity index (χ1) is 18.1. The Morgan fingerprint density at radius 2 is 1.78 bits per heavy atom. The van der Waals surface area contributed by atoms with Crippen molar-refractivity contribution in [1.29, 1.82) is 0 Å². The number of ether oxygens (including phenoxy) is 2. The number of methoxy groups -OCH3 is 1. The van der Waals surface area contributed by atoms with Crippen molar-refractivity contribution in [3.05, 3.63) is 83.0 Å². The lowest BCUT2D eigenvalue weighted by atomic mass is 9.90. The van der Waals surface area contributed by atoms with E-state index in [9.17, 15) is 9.59 Å². The van der Waals surface area contributed by atoms with Crippen molar-refractivity contribution < 1.29 is 19.1 Å². The molecule has 5 rings (SSSR count). The Balaban J connectivity index is 1.10. The molecule has 0 radical (unpaired) electrons. The number of pyridine rings is 1. The smallest absolute Gasteiger partial charge is 0.337 e. The molecule has 0 unspecified atom stereocenters. The van der Waals surface area contributed by atoms with Crippen LogP contribution in [0.3, 0.4) is 0 Å². The van der Waals surface area contributed by atoms with Crippen LogP contribution in [-0.2, 0) is 17.6 Å². The number of piperidine rings is 1. The molecule has 7 heteroatoms. The van der Waals surface area contributed by atoms with Crippen LogP contribution in [0.15, 0.2) is 60.8 Å². The van der Waals surface area contributed by atoms with Crippen molar-refractivity contribution in [2.75, 3.05) is 37.0 Å². The summed E-state index contributed by atoms with van der Waals surface area (Å²) in [6.45, 7) is 2.40. The number of carbonyl (C=O) groups excluding carboxylic acids is 2. The van der Waals surface area contributed by atoms with Crippen molar-refractivity contribution >= 4 is 23.4 Å². The molecule has 0 atom stereocenters. The van der Waals surface area contributed by atoms with Gasteiger partial charge in [0.1, 0.15) is 11.6 Å². The van der Waals surface area contributed by atoms with Gasteiger partial charge in [-0.3, -0.25) is 4.79 Å². The first-order valence-electron chi connectivity index (χ1n) is 13.0. The molecule has 37 heavy (non-hydrogen) atoms. The highest BCUT2D eigenvalue weighted by molar-refractivity contribution is 6.04. The third kappa shape index (κ3) is 6.10. The fraction of sp³-hybridized carbons (Fsp3) is 0.367. The van der Waals surface area contributed by atoms with Crippen LogP contribution >= 0.6 is 0 Å². The van der Waals surface area contributed by atoms with Gasteiger partial charge in [0.2, 0.25) is 0 Å². The Kier molecular flexibility index (Phi) is 7.68. The summed E-state index contributed by atoms with van der Waals surface area (Å²) in [5.74, 6) is 1.57. The van der Waals surface area contributed by atoms with Gasteiger partial charge in [0, 0.05) is 18.7 Å². The molecule has 2 aromatic carbocycles. The lowest BCUT2D eigenvalue weighted by molar-refractivity contribution is 0.0600. The number of nitrogens with zero attached hydrogens (tertiary/aromatic N) is 2. The van der Waals surface area contributed by atoms with Gasteiger partial charge in [-0.1, -0.05) is 12.1 Å². The average molecular weight is 500 g/mol. The molecule has 3 aromatic rings. The standard InChI is InChI=1S/C30H33N3O4/c1-36-30(35)25-7-4-8-27(18-25)37-20-21-13-15-33(16-14-21)28-12-11-26(19-31-28)32-29(34)24-10-9-22-5-2-3-6-23(22)17-24/h4,7-12,17-19,21H,2-3,5-6,13-16,20H2,1H3,(H,32,34). The van der Waals surface area contributed by atoms with E-state index >= 15 is 0 Å². The molecule has 1 aromatic heterocycles. The fourth-order valence-corrected chi connectivity index (χ4v) is 5.10. The van der Waals surface area contributed by atoms with E-state index in [-0.39, 0.29) is 11.9 Å². The fourth-order valence-electron chi connectivity index (χ4n) is 5.10. The van der Waals surface area contributed by atoms with Gasteiger partial charge in [-0.25, -0.2) is 9.78 Å². The van der Waals surface area contributed by atoms with E-state index < -0.39 is 0 Å². The zero-order chi connectivity index (χ0) is 25.6. The molecule has 1 aliphatic carbocycles. The van der Waals surface area contributed by atoms with E-state index in [2.05, 4.69) is 21.3 Å². The minimum atomic E-state index is -0.365. The molecule has 1 fully saturated rings. The average Bonchev–Trinajstić information content (AvgIpc) is 2.96. The maximum Gasteiger partial charge on any atom is 0.337 e. The normalized spacial score (nSPS) is 15.5. The number of carbonyl (C=O) groups is 2. The topological polar surface area (TPSA) is 80.8 Å². The molecule has 0 saturated carbocycles. The van der Waals surface area contributed by atoms with Crippen LogP contribution in [-0.4, -0.2) is 43.7 Å². The van der Waals surface area contributed by atoms with Crippen LogP contribution in [0, 0.1) is 5.92 Å². The van der Waals surface area contributed by atoms with Gasteiger partial charge in [0.25, 0.3) is 5.91 Å². The first kappa shape index (κ1) is 24.8. The molecule has 1 N–H and O–H groups in total. The zero-order valence-corrected chi connectivity index (χ0v) is 21.2. The Bertz CT molecular complexity index is 1250. The van der Waals surface area contributed by atoms with Crippen LogP contribution in [0.1, 0.15) is 57.5 Å². The van der Waals surface area contributed by atoms with Crippen molar-refractivity contribution in [2.45, 2.75) is 38.5 Å². The zero-order valence-electron chi connectivity index (χ0n) is 21.2. The van der Waals surface area contributed by atoms with E-state index in [1.54, 1.807) is 24.4 Å². The van der Waals surface area contributed by atoms with Crippen LogP contribution in [0.5, 0.6) is 5.75 Å².